The Morgan fingerprint density at radius 2 is 1.81 bits per heavy atom. The van der Waals surface area contributed by atoms with E-state index in [0.717, 1.165) is 17.0 Å². The van der Waals surface area contributed by atoms with Crippen molar-refractivity contribution in [1.29, 1.82) is 0 Å². The number of anilines is 1. The lowest BCUT2D eigenvalue weighted by atomic mass is 10.2. The molecule has 2 aromatic carbocycles. The molecule has 5 nitrogen and oxygen atoms in total. The van der Waals surface area contributed by atoms with Crippen molar-refractivity contribution in [2.24, 2.45) is 0 Å². The number of halogens is 1. The smallest absolute Gasteiger partial charge is 0.262 e. The van der Waals surface area contributed by atoms with Crippen molar-refractivity contribution >= 4 is 23.2 Å². The summed E-state index contributed by atoms with van der Waals surface area (Å²) in [6, 6.07) is 17.1. The molecule has 0 aliphatic carbocycles. The van der Waals surface area contributed by atoms with E-state index in [9.17, 15) is 4.79 Å². The summed E-state index contributed by atoms with van der Waals surface area (Å²) in [6.45, 7) is 4.35. The fourth-order valence-corrected chi connectivity index (χ4v) is 2.86. The Bertz CT molecular complexity index is 907. The van der Waals surface area contributed by atoms with Gasteiger partial charge >= 0.3 is 0 Å². The molecule has 0 atom stereocenters. The van der Waals surface area contributed by atoms with E-state index in [1.807, 2.05) is 54.9 Å². The lowest BCUT2D eigenvalue weighted by molar-refractivity contribution is -0.118. The number of nitrogens with one attached hydrogen (secondary N) is 1. The second kappa shape index (κ2) is 8.06. The molecule has 0 spiro atoms. The Morgan fingerprint density at radius 1 is 1.12 bits per heavy atom. The molecule has 134 valence electrons. The highest BCUT2D eigenvalue weighted by Crippen LogP contribution is 2.24. The van der Waals surface area contributed by atoms with Crippen LogP contribution in [0, 0.1) is 13.8 Å². The van der Waals surface area contributed by atoms with Gasteiger partial charge in [-0.25, -0.2) is 0 Å². The van der Waals surface area contributed by atoms with E-state index in [2.05, 4.69) is 10.4 Å². The largest absolute Gasteiger partial charge is 0.482 e. The number of hydrogen-bond donors (Lipinski definition) is 1. The third-order valence-corrected chi connectivity index (χ3v) is 4.33. The summed E-state index contributed by atoms with van der Waals surface area (Å²) >= 11 is 6.03. The SMILES string of the molecule is Cc1nn(Cc2ccccc2)c(C)c1NC(=O)COc1ccccc1Cl. The zero-order valence-corrected chi connectivity index (χ0v) is 15.5. The van der Waals surface area contributed by atoms with Gasteiger partial charge in [0.15, 0.2) is 6.61 Å². The summed E-state index contributed by atoms with van der Waals surface area (Å²) in [6.07, 6.45) is 0. The molecule has 0 aliphatic heterocycles. The molecule has 0 bridgehead atoms. The van der Waals surface area contributed by atoms with Gasteiger partial charge in [-0.05, 0) is 31.5 Å². The van der Waals surface area contributed by atoms with Gasteiger partial charge in [0.2, 0.25) is 0 Å². The topological polar surface area (TPSA) is 56.2 Å². The Kier molecular flexibility index (Phi) is 5.58. The number of nitrogens with zero attached hydrogens (tertiary/aromatic N) is 2. The van der Waals surface area contributed by atoms with Crippen LogP contribution in [0.25, 0.3) is 0 Å². The van der Waals surface area contributed by atoms with Crippen LogP contribution >= 0.6 is 11.6 Å². The number of carbonyl (C=O) groups excluding carboxylic acids is 1. The molecule has 1 N–H and O–H groups in total. The zero-order valence-electron chi connectivity index (χ0n) is 14.7. The lowest BCUT2D eigenvalue weighted by Gasteiger charge is -2.09. The van der Waals surface area contributed by atoms with Crippen LogP contribution in [0.5, 0.6) is 5.75 Å². The first-order valence-corrected chi connectivity index (χ1v) is 8.67. The Morgan fingerprint density at radius 3 is 2.54 bits per heavy atom. The molecule has 6 heteroatoms. The number of amides is 1. The van der Waals surface area contributed by atoms with Gasteiger partial charge < -0.3 is 10.1 Å². The molecule has 0 fully saturated rings. The van der Waals surface area contributed by atoms with Crippen LogP contribution < -0.4 is 10.1 Å². The van der Waals surface area contributed by atoms with E-state index in [-0.39, 0.29) is 12.5 Å². The molecule has 1 heterocycles. The zero-order chi connectivity index (χ0) is 18.5. The van der Waals surface area contributed by atoms with Gasteiger partial charge in [-0.1, -0.05) is 54.1 Å². The minimum Gasteiger partial charge on any atom is -0.482 e. The molecular weight excluding hydrogens is 350 g/mol. The first kappa shape index (κ1) is 18.0. The van der Waals surface area contributed by atoms with E-state index in [1.165, 1.54) is 0 Å². The second-order valence-electron chi connectivity index (χ2n) is 5.96. The van der Waals surface area contributed by atoms with Crippen molar-refractivity contribution in [3.63, 3.8) is 0 Å². The van der Waals surface area contributed by atoms with Crippen LogP contribution in [-0.4, -0.2) is 22.3 Å². The maximum Gasteiger partial charge on any atom is 0.262 e. The molecule has 3 rings (SSSR count). The quantitative estimate of drug-likeness (QED) is 0.707. The molecule has 0 aliphatic rings. The van der Waals surface area contributed by atoms with E-state index in [1.54, 1.807) is 18.2 Å². The minimum absolute atomic E-state index is 0.119. The number of benzene rings is 2. The highest BCUT2D eigenvalue weighted by Gasteiger charge is 2.15. The maximum absolute atomic E-state index is 12.3. The number of hydrogen-bond acceptors (Lipinski definition) is 3. The number of para-hydroxylation sites is 1. The van der Waals surface area contributed by atoms with E-state index >= 15 is 0 Å². The second-order valence-corrected chi connectivity index (χ2v) is 6.36. The summed E-state index contributed by atoms with van der Waals surface area (Å²) in [5, 5.41) is 7.89. The van der Waals surface area contributed by atoms with Crippen LogP contribution in [0.4, 0.5) is 5.69 Å². The molecule has 1 amide bonds. The third kappa shape index (κ3) is 4.24. The molecule has 3 aromatic rings. The van der Waals surface area contributed by atoms with Crippen molar-refractivity contribution in [3.8, 4) is 5.75 Å². The molecule has 26 heavy (non-hydrogen) atoms. The average Bonchev–Trinajstić information content (AvgIpc) is 2.89. The number of aromatic nitrogens is 2. The van der Waals surface area contributed by atoms with Crippen molar-refractivity contribution in [2.45, 2.75) is 20.4 Å². The molecule has 1 aromatic heterocycles. The Hall–Kier alpha value is -2.79. The summed E-state index contributed by atoms with van der Waals surface area (Å²) < 4.78 is 7.37. The van der Waals surface area contributed by atoms with Crippen molar-refractivity contribution in [2.75, 3.05) is 11.9 Å². The highest BCUT2D eigenvalue weighted by molar-refractivity contribution is 6.32. The standard InChI is InChI=1S/C20H20ClN3O2/c1-14-20(15(2)24(23-14)12-16-8-4-3-5-9-16)22-19(25)13-26-18-11-7-6-10-17(18)21/h3-11H,12-13H2,1-2H3,(H,22,25). The average molecular weight is 370 g/mol. The predicted octanol–water partition coefficient (Wildman–Crippen LogP) is 4.22. The highest BCUT2D eigenvalue weighted by atomic mass is 35.5. The van der Waals surface area contributed by atoms with Crippen LogP contribution in [0.15, 0.2) is 54.6 Å². The molecule has 0 saturated carbocycles. The molecule has 0 radical (unpaired) electrons. The fraction of sp³-hybridized carbons (Fsp3) is 0.200. The number of aryl methyl sites for hydroxylation is 1. The molecule has 0 unspecified atom stereocenters. The predicted molar refractivity (Wildman–Crippen MR) is 103 cm³/mol. The van der Waals surface area contributed by atoms with Crippen LogP contribution in [0.2, 0.25) is 5.02 Å². The number of rotatable bonds is 6. The Balaban J connectivity index is 1.66. The first-order valence-electron chi connectivity index (χ1n) is 8.29. The van der Waals surface area contributed by atoms with Gasteiger partial charge in [0.25, 0.3) is 5.91 Å². The Labute approximate surface area is 157 Å². The monoisotopic (exact) mass is 369 g/mol. The van der Waals surface area contributed by atoms with Crippen LogP contribution in [0.1, 0.15) is 17.0 Å². The van der Waals surface area contributed by atoms with Gasteiger partial charge in [-0.15, -0.1) is 0 Å². The summed E-state index contributed by atoms with van der Waals surface area (Å²) in [5.41, 5.74) is 3.54. The summed E-state index contributed by atoms with van der Waals surface area (Å²) in [4.78, 5) is 12.3. The maximum atomic E-state index is 12.3. The van der Waals surface area contributed by atoms with Crippen LogP contribution in [-0.2, 0) is 11.3 Å². The van der Waals surface area contributed by atoms with E-state index in [4.69, 9.17) is 16.3 Å². The first-order chi connectivity index (χ1) is 12.5. The summed E-state index contributed by atoms with van der Waals surface area (Å²) in [5.74, 6) is 0.230. The van der Waals surface area contributed by atoms with Gasteiger partial charge in [0.1, 0.15) is 5.75 Å². The van der Waals surface area contributed by atoms with Crippen molar-refractivity contribution in [3.05, 3.63) is 76.6 Å². The van der Waals surface area contributed by atoms with Crippen molar-refractivity contribution < 1.29 is 9.53 Å². The van der Waals surface area contributed by atoms with Crippen LogP contribution in [0.3, 0.4) is 0 Å². The molecular formula is C20H20ClN3O2. The number of ether oxygens (including phenoxy) is 1. The van der Waals surface area contributed by atoms with Gasteiger partial charge in [-0.2, -0.15) is 5.10 Å². The van der Waals surface area contributed by atoms with Gasteiger partial charge in [-0.3, -0.25) is 9.48 Å². The third-order valence-electron chi connectivity index (χ3n) is 4.02. The van der Waals surface area contributed by atoms with Gasteiger partial charge in [0.05, 0.1) is 28.6 Å². The molecule has 0 saturated heterocycles. The summed E-state index contributed by atoms with van der Waals surface area (Å²) in [7, 11) is 0. The van der Waals surface area contributed by atoms with Crippen molar-refractivity contribution in [1.82, 2.24) is 9.78 Å². The van der Waals surface area contributed by atoms with E-state index in [0.29, 0.717) is 23.0 Å². The minimum atomic E-state index is -0.254. The fourth-order valence-electron chi connectivity index (χ4n) is 2.67. The number of carbonyl (C=O) groups is 1. The van der Waals surface area contributed by atoms with E-state index < -0.39 is 0 Å². The lowest BCUT2D eigenvalue weighted by Crippen LogP contribution is -2.21. The normalized spacial score (nSPS) is 10.6. The van der Waals surface area contributed by atoms with Gasteiger partial charge in [0, 0.05) is 0 Å².